The van der Waals surface area contributed by atoms with Gasteiger partial charge in [-0.25, -0.2) is 0 Å². The van der Waals surface area contributed by atoms with Crippen LogP contribution in [0.1, 0.15) is 19.8 Å². The molecule has 10 heavy (non-hydrogen) atoms. The molecule has 0 aliphatic heterocycles. The Balaban J connectivity index is 0. The molecular weight excluding hydrogens is 154 g/mol. The zero-order valence-corrected chi connectivity index (χ0v) is 6.99. The van der Waals surface area contributed by atoms with Crippen LogP contribution in [0.15, 0.2) is 0 Å². The molecule has 64 valence electrons. The Morgan fingerprint density at radius 3 is 1.50 bits per heavy atom. The standard InChI is InChI=1S/C4H11N.H4O4Si/c1-2-3-4-5;1-5(2,3)4/h2-5H2,1H3;1-4H. The summed E-state index contributed by atoms with van der Waals surface area (Å²) in [5.41, 5.74) is 5.14. The van der Waals surface area contributed by atoms with Gasteiger partial charge >= 0.3 is 9.05 Å². The van der Waals surface area contributed by atoms with Crippen LogP contribution in [-0.2, 0) is 0 Å². The Morgan fingerprint density at radius 1 is 1.20 bits per heavy atom. The second kappa shape index (κ2) is 7.13. The quantitative estimate of drug-likeness (QED) is 0.312. The van der Waals surface area contributed by atoms with Crippen molar-refractivity contribution in [1.29, 1.82) is 0 Å². The second-order valence-electron chi connectivity index (χ2n) is 1.74. The van der Waals surface area contributed by atoms with E-state index in [4.69, 9.17) is 24.9 Å². The van der Waals surface area contributed by atoms with Gasteiger partial charge in [-0.3, -0.25) is 0 Å². The Labute approximate surface area is 61.2 Å². The van der Waals surface area contributed by atoms with Crippen LogP contribution in [0.25, 0.3) is 0 Å². The fraction of sp³-hybridized carbons (Fsp3) is 1.00. The summed E-state index contributed by atoms with van der Waals surface area (Å²) in [6, 6.07) is 0. The minimum Gasteiger partial charge on any atom is -0.368 e. The fourth-order valence-corrected chi connectivity index (χ4v) is 0.204. The first kappa shape index (κ1) is 12.7. The topological polar surface area (TPSA) is 107 Å². The maximum absolute atomic E-state index is 7.33. The van der Waals surface area contributed by atoms with E-state index in [0.29, 0.717) is 0 Å². The lowest BCUT2D eigenvalue weighted by Gasteiger charge is -1.91. The number of nitrogens with two attached hydrogens (primary N) is 1. The first-order chi connectivity index (χ1) is 4.41. The summed E-state index contributed by atoms with van der Waals surface area (Å²) < 4.78 is 0. The fourth-order valence-electron chi connectivity index (χ4n) is 0.204. The average Bonchev–Trinajstić information content (AvgIpc) is 1.63. The van der Waals surface area contributed by atoms with Crippen LogP contribution in [0.3, 0.4) is 0 Å². The van der Waals surface area contributed by atoms with Crippen LogP contribution in [-0.4, -0.2) is 34.8 Å². The molecule has 5 nitrogen and oxygen atoms in total. The van der Waals surface area contributed by atoms with Crippen molar-refractivity contribution in [2.24, 2.45) is 5.73 Å². The lowest BCUT2D eigenvalue weighted by atomic mass is 10.3. The van der Waals surface area contributed by atoms with E-state index in [2.05, 4.69) is 6.92 Å². The second-order valence-corrected chi connectivity index (χ2v) is 2.94. The van der Waals surface area contributed by atoms with E-state index in [1.165, 1.54) is 12.8 Å². The third-order valence-electron chi connectivity index (χ3n) is 0.558. The highest BCUT2D eigenvalue weighted by atomic mass is 28.4. The SMILES string of the molecule is CCCCN.O[Si](O)(O)O. The van der Waals surface area contributed by atoms with Gasteiger partial charge in [-0.1, -0.05) is 13.3 Å². The molecule has 0 bridgehead atoms. The highest BCUT2D eigenvalue weighted by Gasteiger charge is 2.22. The van der Waals surface area contributed by atoms with Gasteiger partial charge < -0.3 is 24.9 Å². The summed E-state index contributed by atoms with van der Waals surface area (Å²) in [7, 11) is -4.61. The molecule has 0 aromatic rings. The van der Waals surface area contributed by atoms with Crippen molar-refractivity contribution in [3.05, 3.63) is 0 Å². The third kappa shape index (κ3) is 97.0. The van der Waals surface area contributed by atoms with Crippen molar-refractivity contribution in [2.45, 2.75) is 19.8 Å². The van der Waals surface area contributed by atoms with Crippen LogP contribution in [0, 0.1) is 0 Å². The Morgan fingerprint density at radius 2 is 1.50 bits per heavy atom. The molecular formula is C4H15NO4Si. The molecule has 0 saturated heterocycles. The molecule has 6 N–H and O–H groups in total. The lowest BCUT2D eigenvalue weighted by Crippen LogP contribution is -2.33. The predicted molar refractivity (Wildman–Crippen MR) is 38.6 cm³/mol. The van der Waals surface area contributed by atoms with Gasteiger partial charge in [0, 0.05) is 0 Å². The van der Waals surface area contributed by atoms with Gasteiger partial charge in [-0.15, -0.1) is 0 Å². The molecule has 0 saturated carbocycles. The molecule has 0 aliphatic rings. The van der Waals surface area contributed by atoms with Gasteiger partial charge in [0.1, 0.15) is 0 Å². The van der Waals surface area contributed by atoms with E-state index in [1.807, 2.05) is 0 Å². The van der Waals surface area contributed by atoms with Crippen LogP contribution < -0.4 is 5.73 Å². The number of hydrogen-bond donors (Lipinski definition) is 5. The molecule has 0 aromatic carbocycles. The van der Waals surface area contributed by atoms with Crippen LogP contribution in [0.5, 0.6) is 0 Å². The monoisotopic (exact) mass is 169 g/mol. The van der Waals surface area contributed by atoms with Gasteiger partial charge in [0.2, 0.25) is 0 Å². The molecule has 6 heteroatoms. The molecule has 0 amide bonds. The number of rotatable bonds is 2. The summed E-state index contributed by atoms with van der Waals surface area (Å²) in [4.78, 5) is 29.3. The Hall–Kier alpha value is 0.0169. The molecule has 0 aliphatic carbocycles. The highest BCUT2D eigenvalue weighted by Crippen LogP contribution is 1.77. The summed E-state index contributed by atoms with van der Waals surface area (Å²) in [6.07, 6.45) is 2.39. The van der Waals surface area contributed by atoms with Gasteiger partial charge in [-0.2, -0.15) is 0 Å². The first-order valence-corrected chi connectivity index (χ1v) is 4.80. The predicted octanol–water partition coefficient (Wildman–Crippen LogP) is -1.86. The van der Waals surface area contributed by atoms with E-state index in [9.17, 15) is 0 Å². The number of hydrogen-bond acceptors (Lipinski definition) is 5. The Kier molecular flexibility index (Phi) is 9.03. The minimum atomic E-state index is -4.61. The van der Waals surface area contributed by atoms with Crippen LogP contribution in [0.4, 0.5) is 0 Å². The molecule has 0 aromatic heterocycles. The van der Waals surface area contributed by atoms with Crippen molar-refractivity contribution in [3.63, 3.8) is 0 Å². The first-order valence-electron chi connectivity index (χ1n) is 3.01. The lowest BCUT2D eigenvalue weighted by molar-refractivity contribution is 0.117. The van der Waals surface area contributed by atoms with Gasteiger partial charge in [-0.05, 0) is 13.0 Å². The third-order valence-corrected chi connectivity index (χ3v) is 0.558. The van der Waals surface area contributed by atoms with E-state index in [-0.39, 0.29) is 0 Å². The van der Waals surface area contributed by atoms with E-state index in [1.54, 1.807) is 0 Å². The normalized spacial score (nSPS) is 10.2. The van der Waals surface area contributed by atoms with Crippen molar-refractivity contribution >= 4 is 9.05 Å². The summed E-state index contributed by atoms with van der Waals surface area (Å²) in [5, 5.41) is 0. The maximum atomic E-state index is 7.33. The summed E-state index contributed by atoms with van der Waals surface area (Å²) >= 11 is 0. The maximum Gasteiger partial charge on any atom is 0.668 e. The Bertz CT molecular complexity index is 56.8. The van der Waals surface area contributed by atoms with E-state index < -0.39 is 9.05 Å². The van der Waals surface area contributed by atoms with Crippen molar-refractivity contribution in [2.75, 3.05) is 6.54 Å². The molecule has 0 rings (SSSR count). The molecule has 0 atom stereocenters. The zero-order valence-electron chi connectivity index (χ0n) is 5.99. The van der Waals surface area contributed by atoms with Crippen molar-refractivity contribution in [1.82, 2.24) is 0 Å². The summed E-state index contributed by atoms with van der Waals surface area (Å²) in [5.74, 6) is 0. The van der Waals surface area contributed by atoms with Crippen molar-refractivity contribution in [3.8, 4) is 0 Å². The molecule has 0 unspecified atom stereocenters. The van der Waals surface area contributed by atoms with Crippen LogP contribution >= 0.6 is 0 Å². The van der Waals surface area contributed by atoms with Crippen LogP contribution in [0.2, 0.25) is 0 Å². The largest absolute Gasteiger partial charge is 0.668 e. The van der Waals surface area contributed by atoms with Gasteiger partial charge in [0.15, 0.2) is 0 Å². The molecule has 0 fully saturated rings. The van der Waals surface area contributed by atoms with E-state index in [0.717, 1.165) is 6.54 Å². The summed E-state index contributed by atoms with van der Waals surface area (Å²) in [6.45, 7) is 2.98. The molecule has 0 heterocycles. The average molecular weight is 169 g/mol. The van der Waals surface area contributed by atoms with E-state index >= 15 is 0 Å². The number of unbranched alkanes of at least 4 members (excludes halogenated alkanes) is 1. The minimum absolute atomic E-state index is 0.844. The van der Waals surface area contributed by atoms with Gasteiger partial charge in [0.25, 0.3) is 0 Å². The smallest absolute Gasteiger partial charge is 0.368 e. The van der Waals surface area contributed by atoms with Crippen molar-refractivity contribution < 1.29 is 19.2 Å². The highest BCUT2D eigenvalue weighted by molar-refractivity contribution is 6.46. The molecule has 0 radical (unpaired) electrons. The zero-order chi connectivity index (χ0) is 8.62. The molecule has 0 spiro atoms. The van der Waals surface area contributed by atoms with Gasteiger partial charge in [0.05, 0.1) is 0 Å².